The fraction of sp³-hybridized carbons (Fsp3) is 0.500. The molecule has 1 aromatic rings. The number of hydrogen-bond donors (Lipinski definition) is 1. The van der Waals surface area contributed by atoms with E-state index in [1.165, 1.54) is 9.80 Å². The van der Waals surface area contributed by atoms with E-state index in [1.807, 2.05) is 0 Å². The zero-order valence-corrected chi connectivity index (χ0v) is 9.67. The van der Waals surface area contributed by atoms with E-state index in [0.717, 1.165) is 0 Å². The third kappa shape index (κ3) is 2.38. The van der Waals surface area contributed by atoms with Crippen molar-refractivity contribution in [2.75, 3.05) is 25.9 Å². The van der Waals surface area contributed by atoms with E-state index in [-0.39, 0.29) is 18.5 Å². The number of carbonyl (C=O) groups excluding carboxylic acids is 2. The van der Waals surface area contributed by atoms with Crippen LogP contribution in [0.2, 0.25) is 0 Å². The minimum absolute atomic E-state index is 0.141. The first-order valence-corrected chi connectivity index (χ1v) is 5.42. The Morgan fingerprint density at radius 3 is 2.71 bits per heavy atom. The van der Waals surface area contributed by atoms with Crippen molar-refractivity contribution in [1.29, 1.82) is 0 Å². The SMILES string of the molecule is CN1CC(=O)N(CCCn2ccc(N)n2)C1=O. The molecule has 17 heavy (non-hydrogen) atoms. The van der Waals surface area contributed by atoms with Gasteiger partial charge in [0.1, 0.15) is 12.4 Å². The Balaban J connectivity index is 1.83. The van der Waals surface area contributed by atoms with Crippen LogP contribution in [0.5, 0.6) is 0 Å². The van der Waals surface area contributed by atoms with E-state index >= 15 is 0 Å². The van der Waals surface area contributed by atoms with Crippen molar-refractivity contribution in [2.24, 2.45) is 0 Å². The number of rotatable bonds is 4. The lowest BCUT2D eigenvalue weighted by atomic mass is 10.4. The molecule has 0 unspecified atom stereocenters. The van der Waals surface area contributed by atoms with Crippen LogP contribution in [0.3, 0.4) is 0 Å². The van der Waals surface area contributed by atoms with Gasteiger partial charge >= 0.3 is 6.03 Å². The van der Waals surface area contributed by atoms with Gasteiger partial charge in [-0.05, 0) is 12.5 Å². The van der Waals surface area contributed by atoms with Crippen molar-refractivity contribution < 1.29 is 9.59 Å². The lowest BCUT2D eigenvalue weighted by Crippen LogP contribution is -2.32. The molecule has 1 saturated heterocycles. The van der Waals surface area contributed by atoms with E-state index in [9.17, 15) is 9.59 Å². The van der Waals surface area contributed by atoms with Gasteiger partial charge in [-0.3, -0.25) is 14.4 Å². The number of anilines is 1. The van der Waals surface area contributed by atoms with E-state index in [1.54, 1.807) is 24.0 Å². The number of nitrogen functional groups attached to an aromatic ring is 1. The molecule has 2 rings (SSSR count). The fourth-order valence-electron chi connectivity index (χ4n) is 1.78. The minimum Gasteiger partial charge on any atom is -0.382 e. The highest BCUT2D eigenvalue weighted by atomic mass is 16.2. The highest BCUT2D eigenvalue weighted by molar-refractivity contribution is 6.01. The molecular formula is C10H15N5O2. The first-order chi connectivity index (χ1) is 8.08. The zero-order valence-electron chi connectivity index (χ0n) is 9.67. The van der Waals surface area contributed by atoms with Crippen LogP contribution in [-0.4, -0.2) is 51.7 Å². The number of nitrogens with zero attached hydrogens (tertiary/aromatic N) is 4. The Hall–Kier alpha value is -2.05. The summed E-state index contributed by atoms with van der Waals surface area (Å²) < 4.78 is 1.70. The van der Waals surface area contributed by atoms with Gasteiger partial charge in [0, 0.05) is 26.3 Å². The zero-order chi connectivity index (χ0) is 12.4. The smallest absolute Gasteiger partial charge is 0.326 e. The Kier molecular flexibility index (Phi) is 2.99. The number of nitrogens with two attached hydrogens (primary N) is 1. The lowest BCUT2D eigenvalue weighted by Gasteiger charge is -2.13. The summed E-state index contributed by atoms with van der Waals surface area (Å²) >= 11 is 0. The largest absolute Gasteiger partial charge is 0.382 e. The predicted molar refractivity (Wildman–Crippen MR) is 61.0 cm³/mol. The van der Waals surface area contributed by atoms with Gasteiger partial charge in [-0.25, -0.2) is 4.79 Å². The summed E-state index contributed by atoms with van der Waals surface area (Å²) in [7, 11) is 1.62. The van der Waals surface area contributed by atoms with E-state index in [0.29, 0.717) is 25.3 Å². The second-order valence-electron chi connectivity index (χ2n) is 4.04. The topological polar surface area (TPSA) is 84.5 Å². The quantitative estimate of drug-likeness (QED) is 0.732. The van der Waals surface area contributed by atoms with Crippen LogP contribution in [0.25, 0.3) is 0 Å². The summed E-state index contributed by atoms with van der Waals surface area (Å²) in [6.45, 7) is 1.23. The molecule has 7 nitrogen and oxygen atoms in total. The molecule has 0 aliphatic carbocycles. The number of likely N-dealkylation sites (N-methyl/N-ethyl adjacent to an activating group) is 1. The van der Waals surface area contributed by atoms with Crippen molar-refractivity contribution in [3.63, 3.8) is 0 Å². The Morgan fingerprint density at radius 2 is 2.18 bits per heavy atom. The van der Waals surface area contributed by atoms with Gasteiger partial charge in [0.05, 0.1) is 0 Å². The summed E-state index contributed by atoms with van der Waals surface area (Å²) in [4.78, 5) is 25.7. The number of aromatic nitrogens is 2. The molecule has 1 aliphatic heterocycles. The van der Waals surface area contributed by atoms with Gasteiger partial charge in [-0.2, -0.15) is 5.10 Å². The van der Waals surface area contributed by atoms with Crippen molar-refractivity contribution in [2.45, 2.75) is 13.0 Å². The summed E-state index contributed by atoms with van der Waals surface area (Å²) in [5.74, 6) is 0.329. The second kappa shape index (κ2) is 4.44. The molecule has 0 atom stereocenters. The van der Waals surface area contributed by atoms with E-state index < -0.39 is 0 Å². The minimum atomic E-state index is -0.227. The van der Waals surface area contributed by atoms with Crippen LogP contribution in [-0.2, 0) is 11.3 Å². The highest BCUT2D eigenvalue weighted by Crippen LogP contribution is 2.08. The third-order valence-electron chi connectivity index (χ3n) is 2.66. The highest BCUT2D eigenvalue weighted by Gasteiger charge is 2.32. The van der Waals surface area contributed by atoms with Gasteiger partial charge in [0.2, 0.25) is 5.91 Å². The van der Waals surface area contributed by atoms with Crippen molar-refractivity contribution in [3.8, 4) is 0 Å². The average molecular weight is 237 g/mol. The Bertz CT molecular complexity index is 442. The first-order valence-electron chi connectivity index (χ1n) is 5.42. The standard InChI is InChI=1S/C10H15N5O2/c1-13-7-9(16)15(10(13)17)5-2-4-14-6-3-8(11)12-14/h3,6H,2,4-5,7H2,1H3,(H2,11,12). The second-order valence-corrected chi connectivity index (χ2v) is 4.04. The Labute approximate surface area is 98.8 Å². The van der Waals surface area contributed by atoms with Crippen molar-refractivity contribution in [1.82, 2.24) is 19.6 Å². The van der Waals surface area contributed by atoms with Crippen LogP contribution in [0, 0.1) is 0 Å². The average Bonchev–Trinajstić information content (AvgIpc) is 2.78. The predicted octanol–water partition coefficient (Wildman–Crippen LogP) is -0.251. The number of urea groups is 1. The lowest BCUT2D eigenvalue weighted by molar-refractivity contribution is -0.125. The molecule has 92 valence electrons. The maximum absolute atomic E-state index is 11.6. The van der Waals surface area contributed by atoms with Crippen LogP contribution in [0.1, 0.15) is 6.42 Å². The van der Waals surface area contributed by atoms with E-state index in [2.05, 4.69) is 5.10 Å². The number of amides is 3. The molecule has 7 heteroatoms. The number of imide groups is 1. The maximum Gasteiger partial charge on any atom is 0.326 e. The number of aryl methyl sites for hydroxylation is 1. The molecule has 2 N–H and O–H groups in total. The molecule has 0 aromatic carbocycles. The molecule has 3 amide bonds. The van der Waals surface area contributed by atoms with Crippen LogP contribution >= 0.6 is 0 Å². The van der Waals surface area contributed by atoms with Gasteiger partial charge in [-0.15, -0.1) is 0 Å². The fourth-order valence-corrected chi connectivity index (χ4v) is 1.78. The monoisotopic (exact) mass is 237 g/mol. The molecule has 0 saturated carbocycles. The number of hydrogen-bond acceptors (Lipinski definition) is 4. The number of carbonyl (C=O) groups is 2. The van der Waals surface area contributed by atoms with Crippen molar-refractivity contribution >= 4 is 17.8 Å². The van der Waals surface area contributed by atoms with Gasteiger partial charge in [0.25, 0.3) is 0 Å². The molecule has 0 radical (unpaired) electrons. The van der Waals surface area contributed by atoms with E-state index in [4.69, 9.17) is 5.73 Å². The molecule has 0 bridgehead atoms. The van der Waals surface area contributed by atoms with Crippen LogP contribution in [0.4, 0.5) is 10.6 Å². The summed E-state index contributed by atoms with van der Waals surface area (Å²) in [6.07, 6.45) is 2.45. The van der Waals surface area contributed by atoms with Gasteiger partial charge < -0.3 is 10.6 Å². The molecule has 1 fully saturated rings. The summed E-state index contributed by atoms with van der Waals surface area (Å²) in [5.41, 5.74) is 5.48. The first kappa shape index (κ1) is 11.4. The van der Waals surface area contributed by atoms with Gasteiger partial charge in [0.15, 0.2) is 0 Å². The Morgan fingerprint density at radius 1 is 1.41 bits per heavy atom. The molecule has 2 heterocycles. The van der Waals surface area contributed by atoms with Crippen LogP contribution in [0.15, 0.2) is 12.3 Å². The van der Waals surface area contributed by atoms with Crippen molar-refractivity contribution in [3.05, 3.63) is 12.3 Å². The molecular weight excluding hydrogens is 222 g/mol. The normalized spacial score (nSPS) is 16.1. The molecule has 1 aromatic heterocycles. The van der Waals surface area contributed by atoms with Crippen LogP contribution < -0.4 is 5.73 Å². The summed E-state index contributed by atoms with van der Waals surface area (Å²) in [6, 6.07) is 1.48. The molecule has 1 aliphatic rings. The van der Waals surface area contributed by atoms with Gasteiger partial charge in [-0.1, -0.05) is 0 Å². The maximum atomic E-state index is 11.6. The molecule has 0 spiro atoms. The summed E-state index contributed by atoms with van der Waals surface area (Å²) in [5, 5.41) is 4.02. The third-order valence-corrected chi connectivity index (χ3v) is 2.66.